The third-order valence-corrected chi connectivity index (χ3v) is 2.02. The Morgan fingerprint density at radius 3 is 2.86 bits per heavy atom. The number of anilines is 1. The van der Waals surface area contributed by atoms with Crippen LogP contribution in [0.2, 0.25) is 0 Å². The minimum Gasteiger partial charge on any atom is -0.370 e. The van der Waals surface area contributed by atoms with Gasteiger partial charge in [0, 0.05) is 24.0 Å². The van der Waals surface area contributed by atoms with Gasteiger partial charge in [0.25, 0.3) is 0 Å². The summed E-state index contributed by atoms with van der Waals surface area (Å²) in [5.41, 5.74) is 1.54. The average molecular weight is 191 g/mol. The van der Waals surface area contributed by atoms with Gasteiger partial charge in [0.15, 0.2) is 0 Å². The zero-order valence-corrected chi connectivity index (χ0v) is 8.96. The molecule has 0 aliphatic rings. The molecule has 0 atom stereocenters. The maximum Gasteiger partial charge on any atom is 0.135 e. The average Bonchev–Trinajstić information content (AvgIpc) is 2.18. The zero-order chi connectivity index (χ0) is 10.6. The number of nitrogens with zero attached hydrogens (tertiary/aromatic N) is 1. The van der Waals surface area contributed by atoms with Crippen LogP contribution in [-0.4, -0.2) is 17.2 Å². The Bertz CT molecular complexity index is 318. The molecule has 0 amide bonds. The molecule has 14 heavy (non-hydrogen) atoms. The van der Waals surface area contributed by atoms with Gasteiger partial charge in [-0.25, -0.2) is 4.98 Å². The first-order valence-electron chi connectivity index (χ1n) is 4.94. The molecule has 2 N–H and O–H groups in total. The third kappa shape index (κ3) is 2.31. The largest absolute Gasteiger partial charge is 0.370 e. The molecule has 0 saturated carbocycles. The van der Waals surface area contributed by atoms with Gasteiger partial charge in [0.2, 0.25) is 0 Å². The Kier molecular flexibility index (Phi) is 3.63. The molecule has 0 aliphatic carbocycles. The molecule has 3 heteroatoms. The summed E-state index contributed by atoms with van der Waals surface area (Å²) in [7, 11) is 0. The maximum atomic E-state index is 7.92. The lowest BCUT2D eigenvalue weighted by molar-refractivity contribution is 0.876. The van der Waals surface area contributed by atoms with Crippen molar-refractivity contribution in [2.24, 2.45) is 5.92 Å². The van der Waals surface area contributed by atoms with E-state index in [1.165, 1.54) is 0 Å². The fourth-order valence-corrected chi connectivity index (χ4v) is 1.24. The summed E-state index contributed by atoms with van der Waals surface area (Å²) >= 11 is 0. The second kappa shape index (κ2) is 4.74. The standard InChI is InChI=1S/C11H17N3/c1-4-13-11-9(6-5-7-14-11)10(12)8(2)3/h5-8,12H,4H2,1-3H3,(H,13,14). The summed E-state index contributed by atoms with van der Waals surface area (Å²) in [6.45, 7) is 6.89. The summed E-state index contributed by atoms with van der Waals surface area (Å²) in [5.74, 6) is 1.05. The SMILES string of the molecule is CCNc1ncccc1C(=N)C(C)C. The number of nitrogens with one attached hydrogen (secondary N) is 2. The highest BCUT2D eigenvalue weighted by atomic mass is 15.0. The van der Waals surface area contributed by atoms with Crippen molar-refractivity contribution in [2.45, 2.75) is 20.8 Å². The van der Waals surface area contributed by atoms with E-state index in [9.17, 15) is 0 Å². The fraction of sp³-hybridized carbons (Fsp3) is 0.455. The lowest BCUT2D eigenvalue weighted by Gasteiger charge is -2.12. The van der Waals surface area contributed by atoms with Crippen molar-refractivity contribution < 1.29 is 0 Å². The predicted molar refractivity (Wildman–Crippen MR) is 60.1 cm³/mol. The molecule has 1 aromatic heterocycles. The molecule has 0 aliphatic heterocycles. The molecule has 1 heterocycles. The van der Waals surface area contributed by atoms with E-state index in [1.807, 2.05) is 32.9 Å². The minimum absolute atomic E-state index is 0.233. The Morgan fingerprint density at radius 2 is 2.29 bits per heavy atom. The van der Waals surface area contributed by atoms with Crippen LogP contribution >= 0.6 is 0 Å². The zero-order valence-electron chi connectivity index (χ0n) is 8.96. The van der Waals surface area contributed by atoms with Crippen LogP contribution in [0, 0.1) is 11.3 Å². The number of rotatable bonds is 4. The lowest BCUT2D eigenvalue weighted by atomic mass is 10.0. The van der Waals surface area contributed by atoms with Crippen LogP contribution in [0.1, 0.15) is 26.3 Å². The van der Waals surface area contributed by atoms with Crippen molar-refractivity contribution in [2.75, 3.05) is 11.9 Å². The fourth-order valence-electron chi connectivity index (χ4n) is 1.24. The van der Waals surface area contributed by atoms with Gasteiger partial charge >= 0.3 is 0 Å². The molecule has 76 valence electrons. The van der Waals surface area contributed by atoms with E-state index in [-0.39, 0.29) is 5.92 Å². The summed E-state index contributed by atoms with van der Waals surface area (Å²) < 4.78 is 0. The summed E-state index contributed by atoms with van der Waals surface area (Å²) in [5, 5.41) is 11.1. The van der Waals surface area contributed by atoms with E-state index >= 15 is 0 Å². The van der Waals surface area contributed by atoms with Gasteiger partial charge < -0.3 is 10.7 Å². The van der Waals surface area contributed by atoms with Gasteiger partial charge in [-0.2, -0.15) is 0 Å². The molecule has 1 aromatic rings. The highest BCUT2D eigenvalue weighted by Gasteiger charge is 2.10. The Labute approximate surface area is 85.1 Å². The molecule has 0 radical (unpaired) electrons. The van der Waals surface area contributed by atoms with Crippen LogP contribution in [0.3, 0.4) is 0 Å². The predicted octanol–water partition coefficient (Wildman–Crippen LogP) is 2.54. The van der Waals surface area contributed by atoms with Crippen LogP contribution in [-0.2, 0) is 0 Å². The first-order chi connectivity index (χ1) is 6.66. The molecule has 3 nitrogen and oxygen atoms in total. The molecule has 1 rings (SSSR count). The van der Waals surface area contributed by atoms with Crippen LogP contribution in [0.4, 0.5) is 5.82 Å². The smallest absolute Gasteiger partial charge is 0.135 e. The first-order valence-corrected chi connectivity index (χ1v) is 4.94. The van der Waals surface area contributed by atoms with Crippen molar-refractivity contribution in [1.29, 1.82) is 5.41 Å². The van der Waals surface area contributed by atoms with E-state index < -0.39 is 0 Å². The van der Waals surface area contributed by atoms with Crippen molar-refractivity contribution in [3.63, 3.8) is 0 Å². The van der Waals surface area contributed by atoms with E-state index in [0.29, 0.717) is 5.71 Å². The van der Waals surface area contributed by atoms with Crippen molar-refractivity contribution in [1.82, 2.24) is 4.98 Å². The van der Waals surface area contributed by atoms with Crippen LogP contribution < -0.4 is 5.32 Å². The number of aromatic nitrogens is 1. The molecule has 0 unspecified atom stereocenters. The second-order valence-corrected chi connectivity index (χ2v) is 3.50. The molecular weight excluding hydrogens is 174 g/mol. The van der Waals surface area contributed by atoms with E-state index in [0.717, 1.165) is 17.9 Å². The van der Waals surface area contributed by atoms with Crippen LogP contribution in [0.15, 0.2) is 18.3 Å². The molecule has 0 fully saturated rings. The van der Waals surface area contributed by atoms with Crippen LogP contribution in [0.25, 0.3) is 0 Å². The van der Waals surface area contributed by atoms with Crippen molar-refractivity contribution in [3.8, 4) is 0 Å². The number of hydrogen-bond acceptors (Lipinski definition) is 3. The number of pyridine rings is 1. The van der Waals surface area contributed by atoms with Gasteiger partial charge in [-0.05, 0) is 25.0 Å². The van der Waals surface area contributed by atoms with Gasteiger partial charge in [-0.1, -0.05) is 13.8 Å². The Morgan fingerprint density at radius 1 is 1.57 bits per heavy atom. The molecule has 0 bridgehead atoms. The van der Waals surface area contributed by atoms with Gasteiger partial charge in [0.05, 0.1) is 0 Å². The topological polar surface area (TPSA) is 48.8 Å². The van der Waals surface area contributed by atoms with E-state index in [2.05, 4.69) is 10.3 Å². The monoisotopic (exact) mass is 191 g/mol. The van der Waals surface area contributed by atoms with E-state index in [1.54, 1.807) is 6.20 Å². The van der Waals surface area contributed by atoms with Gasteiger partial charge in [-0.15, -0.1) is 0 Å². The van der Waals surface area contributed by atoms with Crippen molar-refractivity contribution >= 4 is 11.5 Å². The summed E-state index contributed by atoms with van der Waals surface area (Å²) in [6.07, 6.45) is 1.75. The molecule has 0 saturated heterocycles. The normalized spacial score (nSPS) is 10.3. The summed E-state index contributed by atoms with van der Waals surface area (Å²) in [6, 6.07) is 3.81. The highest BCUT2D eigenvalue weighted by molar-refractivity contribution is 6.03. The molecular formula is C11H17N3. The first kappa shape index (κ1) is 10.7. The van der Waals surface area contributed by atoms with E-state index in [4.69, 9.17) is 5.41 Å². The van der Waals surface area contributed by atoms with Gasteiger partial charge in [0.1, 0.15) is 5.82 Å². The Balaban J connectivity index is 3.00. The quantitative estimate of drug-likeness (QED) is 0.718. The molecule has 0 aromatic carbocycles. The highest BCUT2D eigenvalue weighted by Crippen LogP contribution is 2.15. The van der Waals surface area contributed by atoms with Crippen LogP contribution in [0.5, 0.6) is 0 Å². The Hall–Kier alpha value is -1.38. The third-order valence-electron chi connectivity index (χ3n) is 2.02. The maximum absolute atomic E-state index is 7.92. The lowest BCUT2D eigenvalue weighted by Crippen LogP contribution is -2.12. The molecule has 0 spiro atoms. The summed E-state index contributed by atoms with van der Waals surface area (Å²) in [4.78, 5) is 4.22. The minimum atomic E-state index is 0.233. The second-order valence-electron chi connectivity index (χ2n) is 3.50. The number of hydrogen-bond donors (Lipinski definition) is 2. The van der Waals surface area contributed by atoms with Gasteiger partial charge in [-0.3, -0.25) is 0 Å². The van der Waals surface area contributed by atoms with Crippen molar-refractivity contribution in [3.05, 3.63) is 23.9 Å².